The maximum absolute atomic E-state index is 10.7. The van der Waals surface area contributed by atoms with Crippen LogP contribution in [0.25, 0.3) is 0 Å². The fourth-order valence-electron chi connectivity index (χ4n) is 1.72. The first kappa shape index (κ1) is 12.7. The van der Waals surface area contributed by atoms with Gasteiger partial charge in [0.2, 0.25) is 0 Å². The molecule has 3 nitrogen and oxygen atoms in total. The summed E-state index contributed by atoms with van der Waals surface area (Å²) in [5.41, 5.74) is 1.26. The summed E-state index contributed by atoms with van der Waals surface area (Å²) in [7, 11) is 3.86. The molecular formula is C13H19NO2. The van der Waals surface area contributed by atoms with Gasteiger partial charge in [0.05, 0.1) is 6.42 Å². The summed E-state index contributed by atoms with van der Waals surface area (Å²) < 4.78 is 0. The molecule has 0 saturated heterocycles. The number of carboxylic acid groups (broad SMARTS) is 1. The van der Waals surface area contributed by atoms with Crippen LogP contribution in [0.3, 0.4) is 0 Å². The molecule has 0 aliphatic heterocycles. The van der Waals surface area contributed by atoms with Crippen molar-refractivity contribution in [3.63, 3.8) is 0 Å². The molecule has 0 aromatic heterocycles. The predicted octanol–water partition coefficient (Wildman–Crippen LogP) is 2.02. The Bertz CT molecular complexity index is 322. The Morgan fingerprint density at radius 2 is 1.94 bits per heavy atom. The third-order valence-corrected chi connectivity index (χ3v) is 2.75. The molecule has 0 heterocycles. The second-order valence-corrected chi connectivity index (χ2v) is 4.24. The summed E-state index contributed by atoms with van der Waals surface area (Å²) in [5.74, 6) is -0.730. The molecule has 0 saturated carbocycles. The molecule has 0 aliphatic carbocycles. The molecule has 0 bridgehead atoms. The molecule has 88 valence electrons. The number of aliphatic carboxylic acids is 1. The van der Waals surface area contributed by atoms with Crippen LogP contribution in [0.4, 0.5) is 0 Å². The second kappa shape index (κ2) is 6.28. The minimum absolute atomic E-state index is 0.109. The van der Waals surface area contributed by atoms with Crippen molar-refractivity contribution >= 4 is 5.97 Å². The van der Waals surface area contributed by atoms with Gasteiger partial charge >= 0.3 is 5.97 Å². The van der Waals surface area contributed by atoms with Crippen LogP contribution >= 0.6 is 0 Å². The lowest BCUT2D eigenvalue weighted by Gasteiger charge is -2.22. The Balaban J connectivity index is 2.47. The van der Waals surface area contributed by atoms with Gasteiger partial charge in [0.1, 0.15) is 0 Å². The summed E-state index contributed by atoms with van der Waals surface area (Å²) in [6.07, 6.45) is 2.01. The van der Waals surface area contributed by atoms with Gasteiger partial charge in [-0.05, 0) is 32.5 Å². The van der Waals surface area contributed by atoms with Crippen LogP contribution in [0.5, 0.6) is 0 Å². The first-order valence-electron chi connectivity index (χ1n) is 5.51. The highest BCUT2D eigenvalue weighted by Gasteiger charge is 2.15. The molecule has 0 fully saturated rings. The number of benzene rings is 1. The van der Waals surface area contributed by atoms with Crippen LogP contribution in [0.15, 0.2) is 30.3 Å². The largest absolute Gasteiger partial charge is 0.481 e. The zero-order valence-electron chi connectivity index (χ0n) is 9.89. The molecule has 1 rings (SSSR count). The molecule has 3 heteroatoms. The topological polar surface area (TPSA) is 40.5 Å². The van der Waals surface area contributed by atoms with Gasteiger partial charge in [-0.1, -0.05) is 30.3 Å². The Labute approximate surface area is 96.7 Å². The summed E-state index contributed by atoms with van der Waals surface area (Å²) in [6.45, 7) is 0. The third-order valence-electron chi connectivity index (χ3n) is 2.75. The van der Waals surface area contributed by atoms with Crippen molar-refractivity contribution in [2.45, 2.75) is 25.3 Å². The first-order chi connectivity index (χ1) is 7.59. The number of carbonyl (C=O) groups is 1. The first-order valence-corrected chi connectivity index (χ1v) is 5.51. The number of rotatable bonds is 6. The lowest BCUT2D eigenvalue weighted by molar-refractivity contribution is -0.138. The average molecular weight is 221 g/mol. The molecule has 0 aliphatic rings. The van der Waals surface area contributed by atoms with Gasteiger partial charge < -0.3 is 10.0 Å². The SMILES string of the molecule is CN(C)C(CCc1ccccc1)CC(=O)O. The van der Waals surface area contributed by atoms with Crippen molar-refractivity contribution in [1.29, 1.82) is 0 Å². The van der Waals surface area contributed by atoms with E-state index in [4.69, 9.17) is 5.11 Å². The van der Waals surface area contributed by atoms with Gasteiger partial charge in [0.25, 0.3) is 0 Å². The van der Waals surface area contributed by atoms with Crippen molar-refractivity contribution < 1.29 is 9.90 Å². The van der Waals surface area contributed by atoms with E-state index in [1.165, 1.54) is 5.56 Å². The van der Waals surface area contributed by atoms with Gasteiger partial charge in [0, 0.05) is 6.04 Å². The van der Waals surface area contributed by atoms with Gasteiger partial charge in [-0.15, -0.1) is 0 Å². The highest BCUT2D eigenvalue weighted by molar-refractivity contribution is 5.67. The lowest BCUT2D eigenvalue weighted by Crippen LogP contribution is -2.30. The van der Waals surface area contributed by atoms with E-state index in [2.05, 4.69) is 12.1 Å². The van der Waals surface area contributed by atoms with E-state index in [-0.39, 0.29) is 12.5 Å². The Morgan fingerprint density at radius 3 is 2.44 bits per heavy atom. The predicted molar refractivity (Wildman–Crippen MR) is 64.5 cm³/mol. The third kappa shape index (κ3) is 4.45. The van der Waals surface area contributed by atoms with E-state index in [0.717, 1.165) is 12.8 Å². The van der Waals surface area contributed by atoms with Crippen LogP contribution in [-0.2, 0) is 11.2 Å². The van der Waals surface area contributed by atoms with Crippen LogP contribution in [0.2, 0.25) is 0 Å². The molecule has 1 aromatic rings. The fourth-order valence-corrected chi connectivity index (χ4v) is 1.72. The number of hydrogen-bond donors (Lipinski definition) is 1. The zero-order valence-corrected chi connectivity index (χ0v) is 9.89. The number of nitrogens with zero attached hydrogens (tertiary/aromatic N) is 1. The second-order valence-electron chi connectivity index (χ2n) is 4.24. The fraction of sp³-hybridized carbons (Fsp3) is 0.462. The van der Waals surface area contributed by atoms with Crippen molar-refractivity contribution in [3.05, 3.63) is 35.9 Å². The molecule has 0 spiro atoms. The molecule has 1 atom stereocenters. The summed E-state index contributed by atoms with van der Waals surface area (Å²) >= 11 is 0. The van der Waals surface area contributed by atoms with Crippen LogP contribution < -0.4 is 0 Å². The summed E-state index contributed by atoms with van der Waals surface area (Å²) in [6, 6.07) is 10.3. The number of hydrogen-bond acceptors (Lipinski definition) is 2. The van der Waals surface area contributed by atoms with Crippen LogP contribution in [0.1, 0.15) is 18.4 Å². The summed E-state index contributed by atoms with van der Waals surface area (Å²) in [5, 5.41) is 8.80. The lowest BCUT2D eigenvalue weighted by atomic mass is 10.0. The highest BCUT2D eigenvalue weighted by Crippen LogP contribution is 2.10. The molecule has 1 N–H and O–H groups in total. The van der Waals surface area contributed by atoms with Crippen molar-refractivity contribution in [3.8, 4) is 0 Å². The van der Waals surface area contributed by atoms with E-state index >= 15 is 0 Å². The Morgan fingerprint density at radius 1 is 1.31 bits per heavy atom. The smallest absolute Gasteiger partial charge is 0.304 e. The average Bonchev–Trinajstić information content (AvgIpc) is 2.25. The molecule has 0 radical (unpaired) electrons. The van der Waals surface area contributed by atoms with Gasteiger partial charge in [-0.25, -0.2) is 0 Å². The Hall–Kier alpha value is -1.35. The minimum atomic E-state index is -0.730. The molecular weight excluding hydrogens is 202 g/mol. The minimum Gasteiger partial charge on any atom is -0.481 e. The quantitative estimate of drug-likeness (QED) is 0.799. The van der Waals surface area contributed by atoms with Crippen LogP contribution in [0, 0.1) is 0 Å². The summed E-state index contributed by atoms with van der Waals surface area (Å²) in [4.78, 5) is 12.7. The van der Waals surface area contributed by atoms with Crippen molar-refractivity contribution in [1.82, 2.24) is 4.90 Å². The maximum atomic E-state index is 10.7. The highest BCUT2D eigenvalue weighted by atomic mass is 16.4. The molecule has 1 aromatic carbocycles. The number of carboxylic acids is 1. The molecule has 1 unspecified atom stereocenters. The van der Waals surface area contributed by atoms with Crippen LogP contribution in [-0.4, -0.2) is 36.1 Å². The van der Waals surface area contributed by atoms with Gasteiger partial charge in [-0.3, -0.25) is 4.79 Å². The van der Waals surface area contributed by atoms with Crippen molar-refractivity contribution in [2.24, 2.45) is 0 Å². The van der Waals surface area contributed by atoms with E-state index in [1.807, 2.05) is 37.2 Å². The van der Waals surface area contributed by atoms with Gasteiger partial charge in [-0.2, -0.15) is 0 Å². The molecule has 16 heavy (non-hydrogen) atoms. The standard InChI is InChI=1S/C13H19NO2/c1-14(2)12(10-13(15)16)9-8-11-6-4-3-5-7-11/h3-7,12H,8-10H2,1-2H3,(H,15,16). The van der Waals surface area contributed by atoms with Crippen molar-refractivity contribution in [2.75, 3.05) is 14.1 Å². The number of aryl methyl sites for hydroxylation is 1. The van der Waals surface area contributed by atoms with E-state index in [0.29, 0.717) is 0 Å². The Kier molecular flexibility index (Phi) is 4.99. The van der Waals surface area contributed by atoms with E-state index < -0.39 is 5.97 Å². The zero-order chi connectivity index (χ0) is 12.0. The van der Waals surface area contributed by atoms with E-state index in [9.17, 15) is 4.79 Å². The van der Waals surface area contributed by atoms with Gasteiger partial charge in [0.15, 0.2) is 0 Å². The van der Waals surface area contributed by atoms with E-state index in [1.54, 1.807) is 0 Å². The monoisotopic (exact) mass is 221 g/mol. The normalized spacial score (nSPS) is 12.7. The maximum Gasteiger partial charge on any atom is 0.304 e. The molecule has 0 amide bonds.